The van der Waals surface area contributed by atoms with Gasteiger partial charge < -0.3 is 5.32 Å². The molecule has 2 aromatic carbocycles. The van der Waals surface area contributed by atoms with Gasteiger partial charge in [0.15, 0.2) is 0 Å². The van der Waals surface area contributed by atoms with Gasteiger partial charge in [-0.2, -0.15) is 0 Å². The Balaban J connectivity index is 2.00. The van der Waals surface area contributed by atoms with E-state index in [9.17, 15) is 22.0 Å². The van der Waals surface area contributed by atoms with Crippen molar-refractivity contribution in [1.82, 2.24) is 9.62 Å². The smallest absolute Gasteiger partial charge is 0.242 e. The first-order valence-corrected chi connectivity index (χ1v) is 9.99. The first-order valence-electron chi connectivity index (χ1n) is 7.57. The molecular weight excluding hydrogens is 382 g/mol. The number of halogens is 2. The molecule has 0 saturated heterocycles. The van der Waals surface area contributed by atoms with Gasteiger partial charge in [0.05, 0.1) is 10.6 Å². The number of rotatable bonds is 7. The van der Waals surface area contributed by atoms with E-state index in [2.05, 4.69) is 5.32 Å². The van der Waals surface area contributed by atoms with E-state index in [1.165, 1.54) is 26.2 Å². The predicted molar refractivity (Wildman–Crippen MR) is 96.2 cm³/mol. The Bertz CT molecular complexity index is 903. The van der Waals surface area contributed by atoms with E-state index in [0.717, 1.165) is 28.2 Å². The van der Waals surface area contributed by atoms with Crippen LogP contribution in [0.5, 0.6) is 0 Å². The van der Waals surface area contributed by atoms with Gasteiger partial charge in [0.1, 0.15) is 11.6 Å². The number of nitrogens with one attached hydrogen (secondary N) is 1. The van der Waals surface area contributed by atoms with Crippen LogP contribution in [0.2, 0.25) is 0 Å². The number of hydrogen-bond acceptors (Lipinski definition) is 4. The molecule has 2 aromatic rings. The molecular formula is C17H18F2N2O3S2. The van der Waals surface area contributed by atoms with E-state index >= 15 is 0 Å². The molecule has 1 amide bonds. The van der Waals surface area contributed by atoms with Crippen LogP contribution in [0, 0.1) is 11.6 Å². The Morgan fingerprint density at radius 3 is 2.50 bits per heavy atom. The summed E-state index contributed by atoms with van der Waals surface area (Å²) in [6, 6.07) is 9.51. The van der Waals surface area contributed by atoms with E-state index in [1.54, 1.807) is 18.2 Å². The molecule has 0 spiro atoms. The number of hydrogen-bond donors (Lipinski definition) is 1. The van der Waals surface area contributed by atoms with Crippen molar-refractivity contribution < 1.29 is 22.0 Å². The fourth-order valence-corrected chi connectivity index (χ4v) is 3.94. The van der Waals surface area contributed by atoms with Crippen molar-refractivity contribution in [2.24, 2.45) is 0 Å². The first kappa shape index (κ1) is 20.3. The van der Waals surface area contributed by atoms with Crippen LogP contribution in [0.3, 0.4) is 0 Å². The summed E-state index contributed by atoms with van der Waals surface area (Å²) in [4.78, 5) is 12.3. The van der Waals surface area contributed by atoms with Gasteiger partial charge in [-0.3, -0.25) is 4.79 Å². The van der Waals surface area contributed by atoms with Gasteiger partial charge in [-0.05, 0) is 23.8 Å². The zero-order valence-electron chi connectivity index (χ0n) is 14.2. The molecule has 0 aliphatic rings. The van der Waals surface area contributed by atoms with Crippen LogP contribution in [-0.2, 0) is 21.4 Å². The van der Waals surface area contributed by atoms with E-state index in [4.69, 9.17) is 0 Å². The fraction of sp³-hybridized carbons (Fsp3) is 0.235. The monoisotopic (exact) mass is 400 g/mol. The minimum absolute atomic E-state index is 0.0224. The van der Waals surface area contributed by atoms with Gasteiger partial charge in [-0.1, -0.05) is 18.2 Å². The van der Waals surface area contributed by atoms with Crippen molar-refractivity contribution >= 4 is 27.7 Å². The van der Waals surface area contributed by atoms with Crippen LogP contribution in [-0.4, -0.2) is 38.5 Å². The standard InChI is InChI=1S/C17H18F2N2O3S2/c1-21(2)26(23,24)16-6-4-3-5-12(16)10-20-17(22)11-25-15-8-7-13(18)9-14(15)19/h3-9H,10-11H2,1-2H3,(H,20,22). The Hall–Kier alpha value is -1.97. The molecule has 0 aliphatic carbocycles. The number of thioether (sulfide) groups is 1. The Kier molecular flexibility index (Phi) is 6.74. The van der Waals surface area contributed by atoms with Crippen molar-refractivity contribution in [1.29, 1.82) is 0 Å². The van der Waals surface area contributed by atoms with Crippen molar-refractivity contribution in [3.63, 3.8) is 0 Å². The predicted octanol–water partition coefficient (Wildman–Crippen LogP) is 2.62. The molecule has 0 heterocycles. The maximum Gasteiger partial charge on any atom is 0.242 e. The maximum absolute atomic E-state index is 13.5. The molecule has 5 nitrogen and oxygen atoms in total. The van der Waals surface area contributed by atoms with Crippen molar-refractivity contribution in [2.45, 2.75) is 16.3 Å². The molecule has 0 unspecified atom stereocenters. The number of nitrogens with zero attached hydrogens (tertiary/aromatic N) is 1. The summed E-state index contributed by atoms with van der Waals surface area (Å²) in [6.45, 7) is 0.0224. The molecule has 0 bridgehead atoms. The molecule has 0 atom stereocenters. The van der Waals surface area contributed by atoms with Crippen LogP contribution >= 0.6 is 11.8 Å². The second kappa shape index (κ2) is 8.61. The zero-order chi connectivity index (χ0) is 19.3. The molecule has 2 rings (SSSR count). The topological polar surface area (TPSA) is 66.5 Å². The highest BCUT2D eigenvalue weighted by atomic mass is 32.2. The average molecular weight is 400 g/mol. The Labute approximate surface area is 155 Å². The number of benzene rings is 2. The first-order chi connectivity index (χ1) is 12.2. The van der Waals surface area contributed by atoms with Crippen LogP contribution in [0.1, 0.15) is 5.56 Å². The van der Waals surface area contributed by atoms with E-state index in [0.29, 0.717) is 5.56 Å². The Morgan fingerprint density at radius 1 is 1.15 bits per heavy atom. The summed E-state index contributed by atoms with van der Waals surface area (Å²) in [5, 5.41) is 2.61. The molecule has 0 saturated carbocycles. The van der Waals surface area contributed by atoms with Gasteiger partial charge in [-0.25, -0.2) is 21.5 Å². The van der Waals surface area contributed by atoms with Crippen LogP contribution in [0.4, 0.5) is 8.78 Å². The largest absolute Gasteiger partial charge is 0.351 e. The second-order valence-electron chi connectivity index (χ2n) is 5.54. The number of amides is 1. The van der Waals surface area contributed by atoms with Gasteiger partial charge in [0, 0.05) is 31.6 Å². The number of carbonyl (C=O) groups is 1. The lowest BCUT2D eigenvalue weighted by Crippen LogP contribution is -2.28. The lowest BCUT2D eigenvalue weighted by atomic mass is 10.2. The molecule has 1 N–H and O–H groups in total. The van der Waals surface area contributed by atoms with Crippen LogP contribution in [0.15, 0.2) is 52.3 Å². The lowest BCUT2D eigenvalue weighted by molar-refractivity contribution is -0.118. The van der Waals surface area contributed by atoms with E-state index < -0.39 is 27.6 Å². The quantitative estimate of drug-likeness (QED) is 0.726. The average Bonchev–Trinajstić information content (AvgIpc) is 2.59. The summed E-state index contributed by atoms with van der Waals surface area (Å²) in [7, 11) is -0.770. The van der Waals surface area contributed by atoms with Crippen molar-refractivity contribution in [2.75, 3.05) is 19.8 Å². The zero-order valence-corrected chi connectivity index (χ0v) is 15.8. The van der Waals surface area contributed by atoms with Crippen molar-refractivity contribution in [3.8, 4) is 0 Å². The van der Waals surface area contributed by atoms with Gasteiger partial charge in [0.25, 0.3) is 0 Å². The fourth-order valence-electron chi connectivity index (χ4n) is 2.08. The highest BCUT2D eigenvalue weighted by Gasteiger charge is 2.20. The van der Waals surface area contributed by atoms with E-state index in [-0.39, 0.29) is 22.1 Å². The third kappa shape index (κ3) is 5.03. The van der Waals surface area contributed by atoms with Crippen LogP contribution < -0.4 is 5.32 Å². The normalized spacial score (nSPS) is 11.6. The highest BCUT2D eigenvalue weighted by Crippen LogP contribution is 2.22. The Morgan fingerprint density at radius 2 is 1.85 bits per heavy atom. The van der Waals surface area contributed by atoms with E-state index in [1.807, 2.05) is 0 Å². The summed E-state index contributed by atoms with van der Waals surface area (Å²) >= 11 is 0.933. The van der Waals surface area contributed by atoms with Gasteiger partial charge in [0.2, 0.25) is 15.9 Å². The molecule has 26 heavy (non-hydrogen) atoms. The molecule has 0 fully saturated rings. The number of sulfonamides is 1. The molecule has 0 aliphatic heterocycles. The third-order valence-electron chi connectivity index (χ3n) is 3.46. The number of carbonyl (C=O) groups excluding carboxylic acids is 1. The lowest BCUT2D eigenvalue weighted by Gasteiger charge is -2.15. The molecule has 0 radical (unpaired) electrons. The van der Waals surface area contributed by atoms with Crippen molar-refractivity contribution in [3.05, 3.63) is 59.7 Å². The maximum atomic E-state index is 13.5. The van der Waals surface area contributed by atoms with Gasteiger partial charge >= 0.3 is 0 Å². The second-order valence-corrected chi connectivity index (χ2v) is 8.67. The minimum Gasteiger partial charge on any atom is -0.351 e. The molecule has 0 aromatic heterocycles. The third-order valence-corrected chi connectivity index (χ3v) is 6.42. The van der Waals surface area contributed by atoms with Gasteiger partial charge in [-0.15, -0.1) is 11.8 Å². The van der Waals surface area contributed by atoms with Crippen LogP contribution in [0.25, 0.3) is 0 Å². The summed E-state index contributed by atoms with van der Waals surface area (Å²) in [5.74, 6) is -1.89. The molecule has 140 valence electrons. The summed E-state index contributed by atoms with van der Waals surface area (Å²) in [5.41, 5.74) is 0.451. The molecule has 9 heteroatoms. The summed E-state index contributed by atoms with van der Waals surface area (Å²) < 4.78 is 52.1. The highest BCUT2D eigenvalue weighted by molar-refractivity contribution is 8.00. The minimum atomic E-state index is -3.63. The summed E-state index contributed by atoms with van der Waals surface area (Å²) in [6.07, 6.45) is 0. The SMILES string of the molecule is CN(C)S(=O)(=O)c1ccccc1CNC(=O)CSc1ccc(F)cc1F.